The molecule has 1 aliphatic carbocycles. The van der Waals surface area contributed by atoms with Crippen molar-refractivity contribution >= 4 is 5.91 Å². The van der Waals surface area contributed by atoms with Crippen molar-refractivity contribution in [3.63, 3.8) is 0 Å². The number of nitrogens with one attached hydrogen (secondary N) is 1. The molecule has 1 aliphatic rings. The van der Waals surface area contributed by atoms with Gasteiger partial charge in [-0.25, -0.2) is 0 Å². The molecule has 0 saturated heterocycles. The van der Waals surface area contributed by atoms with Gasteiger partial charge in [-0.1, -0.05) is 66.7 Å². The Morgan fingerprint density at radius 2 is 1.58 bits per heavy atom. The van der Waals surface area contributed by atoms with Gasteiger partial charge in [-0.3, -0.25) is 9.78 Å². The van der Waals surface area contributed by atoms with Crippen LogP contribution in [0, 0.1) is 5.92 Å². The number of aromatic nitrogens is 1. The minimum absolute atomic E-state index is 0.0194. The maximum Gasteiger partial charge on any atom is 0.224 e. The molecule has 1 aromatic heterocycles. The van der Waals surface area contributed by atoms with Gasteiger partial charge in [-0.2, -0.15) is 0 Å². The predicted molar refractivity (Wildman–Crippen MR) is 103 cm³/mol. The van der Waals surface area contributed by atoms with Crippen LogP contribution < -0.4 is 5.32 Å². The van der Waals surface area contributed by atoms with Crippen molar-refractivity contribution in [1.29, 1.82) is 0 Å². The van der Waals surface area contributed by atoms with Gasteiger partial charge in [0.1, 0.15) is 0 Å². The van der Waals surface area contributed by atoms with Crippen LogP contribution in [0.2, 0.25) is 0 Å². The lowest BCUT2D eigenvalue weighted by molar-refractivity contribution is -0.123. The van der Waals surface area contributed by atoms with Crippen LogP contribution in [0.4, 0.5) is 0 Å². The molecule has 0 aliphatic heterocycles. The van der Waals surface area contributed by atoms with E-state index in [1.54, 1.807) is 6.20 Å². The molecule has 0 bridgehead atoms. The zero-order valence-corrected chi connectivity index (χ0v) is 14.8. The molecule has 0 radical (unpaired) electrons. The fraction of sp³-hybridized carbons (Fsp3) is 0.217. The SMILES string of the molecule is CC(NC(=O)C1CC1c1cccnc1)(c1ccccc1)c1ccccc1. The second kappa shape index (κ2) is 6.75. The summed E-state index contributed by atoms with van der Waals surface area (Å²) in [6.45, 7) is 2.08. The summed E-state index contributed by atoms with van der Waals surface area (Å²) in [6.07, 6.45) is 4.52. The summed E-state index contributed by atoms with van der Waals surface area (Å²) >= 11 is 0. The normalized spacial score (nSPS) is 19.0. The Labute approximate surface area is 154 Å². The molecule has 1 heterocycles. The lowest BCUT2D eigenvalue weighted by atomic mass is 9.84. The number of pyridine rings is 1. The summed E-state index contributed by atoms with van der Waals surface area (Å²) in [4.78, 5) is 17.2. The molecular weight excluding hydrogens is 320 g/mol. The first kappa shape index (κ1) is 16.5. The summed E-state index contributed by atoms with van der Waals surface area (Å²) in [6, 6.07) is 24.3. The van der Waals surface area contributed by atoms with Crippen LogP contribution >= 0.6 is 0 Å². The van der Waals surface area contributed by atoms with Crippen LogP contribution in [-0.4, -0.2) is 10.9 Å². The van der Waals surface area contributed by atoms with E-state index < -0.39 is 5.54 Å². The Morgan fingerprint density at radius 3 is 2.12 bits per heavy atom. The second-order valence-electron chi connectivity index (χ2n) is 7.08. The standard InChI is InChI=1S/C23H22N2O/c1-23(18-10-4-2-5-11-18,19-12-6-3-7-13-19)25-22(26)21-15-20(21)17-9-8-14-24-16-17/h2-14,16,20-21H,15H2,1H3,(H,25,26). The van der Waals surface area contributed by atoms with Crippen LogP contribution in [0.1, 0.15) is 36.0 Å². The van der Waals surface area contributed by atoms with E-state index in [0.717, 1.165) is 23.1 Å². The first-order valence-electron chi connectivity index (χ1n) is 9.01. The van der Waals surface area contributed by atoms with Gasteiger partial charge in [0.25, 0.3) is 0 Å². The Morgan fingerprint density at radius 1 is 0.962 bits per heavy atom. The third-order valence-corrected chi connectivity index (χ3v) is 5.32. The third-order valence-electron chi connectivity index (χ3n) is 5.32. The highest BCUT2D eigenvalue weighted by molar-refractivity contribution is 5.84. The minimum atomic E-state index is -0.554. The highest BCUT2D eigenvalue weighted by Gasteiger charge is 2.46. The number of carbonyl (C=O) groups excluding carboxylic acids is 1. The molecule has 2 aromatic carbocycles. The van der Waals surface area contributed by atoms with Gasteiger partial charge < -0.3 is 5.32 Å². The van der Waals surface area contributed by atoms with E-state index in [1.165, 1.54) is 0 Å². The van der Waals surface area contributed by atoms with E-state index in [4.69, 9.17) is 0 Å². The molecule has 1 N–H and O–H groups in total. The third kappa shape index (κ3) is 3.13. The number of nitrogens with zero attached hydrogens (tertiary/aromatic N) is 1. The molecule has 4 rings (SSSR count). The largest absolute Gasteiger partial charge is 0.342 e. The Balaban J connectivity index is 1.59. The van der Waals surface area contributed by atoms with Crippen LogP contribution in [0.15, 0.2) is 85.2 Å². The fourth-order valence-electron chi connectivity index (χ4n) is 3.64. The quantitative estimate of drug-likeness (QED) is 0.752. The molecular formula is C23H22N2O. The molecule has 2 atom stereocenters. The lowest BCUT2D eigenvalue weighted by Gasteiger charge is -2.32. The van der Waals surface area contributed by atoms with Gasteiger partial charge in [0.2, 0.25) is 5.91 Å². The summed E-state index contributed by atoms with van der Waals surface area (Å²) in [5.74, 6) is 0.402. The van der Waals surface area contributed by atoms with E-state index in [2.05, 4.69) is 47.6 Å². The summed E-state index contributed by atoms with van der Waals surface area (Å²) < 4.78 is 0. The Hall–Kier alpha value is -2.94. The molecule has 1 fully saturated rings. The van der Waals surface area contributed by atoms with E-state index in [9.17, 15) is 4.79 Å². The van der Waals surface area contributed by atoms with E-state index in [0.29, 0.717) is 0 Å². The zero-order valence-electron chi connectivity index (χ0n) is 14.8. The van der Waals surface area contributed by atoms with Gasteiger partial charge in [0.15, 0.2) is 0 Å². The van der Waals surface area contributed by atoms with Crippen molar-refractivity contribution in [2.24, 2.45) is 5.92 Å². The monoisotopic (exact) mass is 342 g/mol. The van der Waals surface area contributed by atoms with E-state index in [1.807, 2.05) is 48.7 Å². The van der Waals surface area contributed by atoms with Crippen LogP contribution in [0.25, 0.3) is 0 Å². The summed E-state index contributed by atoms with van der Waals surface area (Å²) in [7, 11) is 0. The molecule has 26 heavy (non-hydrogen) atoms. The zero-order chi connectivity index (χ0) is 18.0. The molecule has 0 spiro atoms. The van der Waals surface area contributed by atoms with Crippen molar-refractivity contribution in [2.45, 2.75) is 24.8 Å². The molecule has 3 heteroatoms. The Bertz CT molecular complexity index is 838. The molecule has 1 amide bonds. The summed E-state index contributed by atoms with van der Waals surface area (Å²) in [5.41, 5.74) is 2.76. The fourth-order valence-corrected chi connectivity index (χ4v) is 3.64. The molecule has 130 valence electrons. The smallest absolute Gasteiger partial charge is 0.224 e. The van der Waals surface area contributed by atoms with Crippen molar-refractivity contribution in [3.05, 3.63) is 102 Å². The van der Waals surface area contributed by atoms with Gasteiger partial charge in [0.05, 0.1) is 5.54 Å². The molecule has 3 nitrogen and oxygen atoms in total. The number of hydrogen-bond acceptors (Lipinski definition) is 2. The summed E-state index contributed by atoms with van der Waals surface area (Å²) in [5, 5.41) is 3.33. The van der Waals surface area contributed by atoms with E-state index >= 15 is 0 Å². The highest BCUT2D eigenvalue weighted by atomic mass is 16.2. The average Bonchev–Trinajstić information content (AvgIpc) is 3.51. The number of benzene rings is 2. The second-order valence-corrected chi connectivity index (χ2v) is 7.08. The van der Waals surface area contributed by atoms with Gasteiger partial charge in [-0.05, 0) is 42.0 Å². The van der Waals surface area contributed by atoms with Crippen LogP contribution in [0.3, 0.4) is 0 Å². The van der Waals surface area contributed by atoms with Crippen LogP contribution in [0.5, 0.6) is 0 Å². The first-order valence-corrected chi connectivity index (χ1v) is 9.01. The van der Waals surface area contributed by atoms with Crippen LogP contribution in [-0.2, 0) is 10.3 Å². The Kier molecular flexibility index (Phi) is 4.29. The van der Waals surface area contributed by atoms with Gasteiger partial charge in [-0.15, -0.1) is 0 Å². The van der Waals surface area contributed by atoms with E-state index in [-0.39, 0.29) is 17.7 Å². The lowest BCUT2D eigenvalue weighted by Crippen LogP contribution is -2.45. The van der Waals surface area contributed by atoms with Gasteiger partial charge >= 0.3 is 0 Å². The highest BCUT2D eigenvalue weighted by Crippen LogP contribution is 2.48. The maximum atomic E-state index is 13.0. The molecule has 2 unspecified atom stereocenters. The minimum Gasteiger partial charge on any atom is -0.342 e. The number of carbonyl (C=O) groups is 1. The number of amides is 1. The molecule has 1 saturated carbocycles. The van der Waals surface area contributed by atoms with Crippen molar-refractivity contribution in [1.82, 2.24) is 10.3 Å². The predicted octanol–water partition coefficient (Wildman–Crippen LogP) is 4.27. The first-order chi connectivity index (χ1) is 12.7. The van der Waals surface area contributed by atoms with Crippen molar-refractivity contribution in [3.8, 4) is 0 Å². The van der Waals surface area contributed by atoms with Crippen molar-refractivity contribution < 1.29 is 4.79 Å². The topological polar surface area (TPSA) is 42.0 Å². The maximum absolute atomic E-state index is 13.0. The average molecular weight is 342 g/mol. The molecule has 3 aromatic rings. The number of rotatable bonds is 5. The van der Waals surface area contributed by atoms with Crippen molar-refractivity contribution in [2.75, 3.05) is 0 Å². The number of hydrogen-bond donors (Lipinski definition) is 1. The van der Waals surface area contributed by atoms with Gasteiger partial charge in [0, 0.05) is 18.3 Å².